The molecule has 1 N–H and O–H groups in total. The molecule has 0 unspecified atom stereocenters. The number of sulfonamides is 1. The molecule has 0 aliphatic carbocycles. The van der Waals surface area contributed by atoms with Gasteiger partial charge in [-0.25, -0.2) is 13.4 Å². The van der Waals surface area contributed by atoms with Gasteiger partial charge < -0.3 is 5.32 Å². The lowest BCUT2D eigenvalue weighted by Crippen LogP contribution is -2.37. The fraction of sp³-hybridized carbons (Fsp3) is 0.615. The zero-order valence-corrected chi connectivity index (χ0v) is 12.9. The van der Waals surface area contributed by atoms with E-state index in [1.54, 1.807) is 18.3 Å². The van der Waals surface area contributed by atoms with Gasteiger partial charge in [-0.05, 0) is 32.4 Å². The van der Waals surface area contributed by atoms with Crippen molar-refractivity contribution in [3.8, 4) is 0 Å². The molecule has 19 heavy (non-hydrogen) atoms. The summed E-state index contributed by atoms with van der Waals surface area (Å²) in [6, 6.07) is 3.18. The van der Waals surface area contributed by atoms with Gasteiger partial charge in [0.2, 0.25) is 10.0 Å². The van der Waals surface area contributed by atoms with E-state index in [1.807, 2.05) is 27.7 Å². The van der Waals surface area contributed by atoms with E-state index < -0.39 is 10.0 Å². The van der Waals surface area contributed by atoms with Gasteiger partial charge in [0.25, 0.3) is 0 Å². The second kappa shape index (κ2) is 6.86. The first kappa shape index (κ1) is 15.9. The summed E-state index contributed by atoms with van der Waals surface area (Å²) in [7, 11) is -3.50. The van der Waals surface area contributed by atoms with Crippen molar-refractivity contribution in [1.82, 2.24) is 9.29 Å². The van der Waals surface area contributed by atoms with E-state index >= 15 is 0 Å². The molecule has 1 aromatic rings. The first-order valence-corrected chi connectivity index (χ1v) is 8.09. The molecule has 0 saturated carbocycles. The largest absolute Gasteiger partial charge is 0.369 e. The van der Waals surface area contributed by atoms with Crippen molar-refractivity contribution in [3.05, 3.63) is 18.3 Å². The van der Waals surface area contributed by atoms with E-state index in [2.05, 4.69) is 10.3 Å². The van der Waals surface area contributed by atoms with Crippen molar-refractivity contribution >= 4 is 15.8 Å². The lowest BCUT2D eigenvalue weighted by atomic mass is 10.4. The Labute approximate surface area is 116 Å². The van der Waals surface area contributed by atoms with Gasteiger partial charge in [0.05, 0.1) is 0 Å². The maximum atomic E-state index is 12.6. The van der Waals surface area contributed by atoms with Crippen LogP contribution in [0.25, 0.3) is 0 Å². The third kappa shape index (κ3) is 3.67. The first-order valence-electron chi connectivity index (χ1n) is 6.65. The number of hydrogen-bond donors (Lipinski definition) is 1. The Morgan fingerprint density at radius 2 is 2.05 bits per heavy atom. The van der Waals surface area contributed by atoms with Crippen LogP contribution in [0.5, 0.6) is 0 Å². The summed E-state index contributed by atoms with van der Waals surface area (Å²) < 4.78 is 26.7. The van der Waals surface area contributed by atoms with Gasteiger partial charge in [-0.15, -0.1) is 0 Å². The number of nitrogens with zero attached hydrogens (tertiary/aromatic N) is 2. The molecule has 0 amide bonds. The normalized spacial score (nSPS) is 12.1. The smallest absolute Gasteiger partial charge is 0.246 e. The lowest BCUT2D eigenvalue weighted by Gasteiger charge is -2.25. The predicted octanol–water partition coefficient (Wildman–Crippen LogP) is 2.32. The topological polar surface area (TPSA) is 62.3 Å². The summed E-state index contributed by atoms with van der Waals surface area (Å²) in [5.74, 6) is 0.434. The van der Waals surface area contributed by atoms with Crippen molar-refractivity contribution in [1.29, 1.82) is 0 Å². The molecule has 1 aromatic heterocycles. The highest BCUT2D eigenvalue weighted by molar-refractivity contribution is 7.89. The Morgan fingerprint density at radius 1 is 1.37 bits per heavy atom. The van der Waals surface area contributed by atoms with Crippen LogP contribution in [0, 0.1) is 0 Å². The Balaban J connectivity index is 3.20. The highest BCUT2D eigenvalue weighted by atomic mass is 32.2. The summed E-state index contributed by atoms with van der Waals surface area (Å²) in [6.45, 7) is 8.76. The fourth-order valence-corrected chi connectivity index (χ4v) is 3.68. The number of anilines is 1. The summed E-state index contributed by atoms with van der Waals surface area (Å²) in [5.41, 5.74) is 0. The molecule has 0 fully saturated rings. The van der Waals surface area contributed by atoms with Crippen LogP contribution < -0.4 is 5.32 Å². The SMILES string of the molecule is CCCNc1ncccc1S(=O)(=O)N(CC)C(C)C. The molecule has 5 nitrogen and oxygen atoms in total. The maximum absolute atomic E-state index is 12.6. The molecule has 0 aliphatic heterocycles. The molecule has 0 aromatic carbocycles. The fourth-order valence-electron chi connectivity index (χ4n) is 1.91. The van der Waals surface area contributed by atoms with Crippen LogP contribution in [0.2, 0.25) is 0 Å². The van der Waals surface area contributed by atoms with Crippen molar-refractivity contribution in [2.45, 2.75) is 45.1 Å². The van der Waals surface area contributed by atoms with E-state index in [0.717, 1.165) is 6.42 Å². The summed E-state index contributed by atoms with van der Waals surface area (Å²) in [4.78, 5) is 4.39. The van der Waals surface area contributed by atoms with Gasteiger partial charge in [-0.1, -0.05) is 13.8 Å². The van der Waals surface area contributed by atoms with Crippen molar-refractivity contribution < 1.29 is 8.42 Å². The zero-order valence-electron chi connectivity index (χ0n) is 12.0. The van der Waals surface area contributed by atoms with Crippen LogP contribution in [0.3, 0.4) is 0 Å². The number of hydrogen-bond acceptors (Lipinski definition) is 4. The predicted molar refractivity (Wildman–Crippen MR) is 77.7 cm³/mol. The molecule has 6 heteroatoms. The molecule has 0 aliphatic rings. The Bertz CT molecular complexity index is 500. The molecular formula is C13H23N3O2S. The van der Waals surface area contributed by atoms with E-state index in [0.29, 0.717) is 18.9 Å². The minimum absolute atomic E-state index is 0.0748. The van der Waals surface area contributed by atoms with Crippen LogP contribution in [-0.2, 0) is 10.0 Å². The van der Waals surface area contributed by atoms with Gasteiger partial charge in [-0.3, -0.25) is 0 Å². The average Bonchev–Trinajstić information content (AvgIpc) is 2.36. The van der Waals surface area contributed by atoms with Crippen molar-refractivity contribution in [2.24, 2.45) is 0 Å². The Kier molecular flexibility index (Phi) is 5.75. The molecule has 0 spiro atoms. The van der Waals surface area contributed by atoms with Gasteiger partial charge in [-0.2, -0.15) is 4.31 Å². The third-order valence-electron chi connectivity index (χ3n) is 2.79. The summed E-state index contributed by atoms with van der Waals surface area (Å²) in [6.07, 6.45) is 2.51. The van der Waals surface area contributed by atoms with E-state index in [1.165, 1.54) is 4.31 Å². The minimum atomic E-state index is -3.50. The molecule has 1 heterocycles. The Hall–Kier alpha value is -1.14. The Morgan fingerprint density at radius 3 is 2.58 bits per heavy atom. The molecular weight excluding hydrogens is 262 g/mol. The zero-order chi connectivity index (χ0) is 14.5. The van der Waals surface area contributed by atoms with Crippen LogP contribution in [0.15, 0.2) is 23.2 Å². The summed E-state index contributed by atoms with van der Waals surface area (Å²) >= 11 is 0. The van der Waals surface area contributed by atoms with Gasteiger partial charge in [0, 0.05) is 25.3 Å². The second-order valence-electron chi connectivity index (χ2n) is 4.58. The van der Waals surface area contributed by atoms with Gasteiger partial charge in [0.1, 0.15) is 10.7 Å². The standard InChI is InChI=1S/C13H23N3O2S/c1-5-9-14-13-12(8-7-10-15-13)19(17,18)16(6-2)11(3)4/h7-8,10-11H,5-6,9H2,1-4H3,(H,14,15). The minimum Gasteiger partial charge on any atom is -0.369 e. The molecule has 0 radical (unpaired) electrons. The van der Waals surface area contributed by atoms with Crippen molar-refractivity contribution in [2.75, 3.05) is 18.4 Å². The number of aromatic nitrogens is 1. The number of pyridine rings is 1. The van der Waals surface area contributed by atoms with Gasteiger partial charge in [0.15, 0.2) is 0 Å². The maximum Gasteiger partial charge on any atom is 0.246 e. The monoisotopic (exact) mass is 285 g/mol. The van der Waals surface area contributed by atoms with Crippen LogP contribution >= 0.6 is 0 Å². The van der Waals surface area contributed by atoms with E-state index in [-0.39, 0.29) is 10.9 Å². The van der Waals surface area contributed by atoms with E-state index in [4.69, 9.17) is 0 Å². The highest BCUT2D eigenvalue weighted by Crippen LogP contribution is 2.23. The summed E-state index contributed by atoms with van der Waals surface area (Å²) in [5, 5.41) is 3.07. The van der Waals surface area contributed by atoms with Crippen LogP contribution in [0.1, 0.15) is 34.1 Å². The first-order chi connectivity index (χ1) is 8.95. The highest BCUT2D eigenvalue weighted by Gasteiger charge is 2.28. The second-order valence-corrected chi connectivity index (χ2v) is 6.44. The molecule has 108 valence electrons. The van der Waals surface area contributed by atoms with Crippen molar-refractivity contribution in [3.63, 3.8) is 0 Å². The number of rotatable bonds is 7. The molecule has 1 rings (SSSR count). The van der Waals surface area contributed by atoms with Gasteiger partial charge >= 0.3 is 0 Å². The number of nitrogens with one attached hydrogen (secondary N) is 1. The molecule has 0 atom stereocenters. The lowest BCUT2D eigenvalue weighted by molar-refractivity contribution is 0.369. The quantitative estimate of drug-likeness (QED) is 0.835. The third-order valence-corrected chi connectivity index (χ3v) is 4.97. The molecule has 0 bridgehead atoms. The van der Waals surface area contributed by atoms with Crippen LogP contribution in [0.4, 0.5) is 5.82 Å². The van der Waals surface area contributed by atoms with E-state index in [9.17, 15) is 8.42 Å². The van der Waals surface area contributed by atoms with Crippen LogP contribution in [-0.4, -0.2) is 36.8 Å². The average molecular weight is 285 g/mol. The molecule has 0 saturated heterocycles.